The molecule has 2 aromatic carbocycles. The molecule has 0 saturated carbocycles. The molecule has 0 bridgehead atoms. The third-order valence-electron chi connectivity index (χ3n) is 5.49. The van der Waals surface area contributed by atoms with E-state index in [9.17, 15) is 9.59 Å². The molecule has 1 atom stereocenters. The van der Waals surface area contributed by atoms with E-state index in [1.807, 2.05) is 18.7 Å². The monoisotopic (exact) mass is 425 g/mol. The highest BCUT2D eigenvalue weighted by molar-refractivity contribution is 6.33. The number of halogens is 1. The van der Waals surface area contributed by atoms with Gasteiger partial charge < -0.3 is 20.9 Å². The Morgan fingerprint density at radius 1 is 1.23 bits per heavy atom. The van der Waals surface area contributed by atoms with Crippen molar-refractivity contribution in [2.24, 2.45) is 0 Å². The topological polar surface area (TPSA) is 104 Å². The molecule has 1 saturated heterocycles. The maximum absolute atomic E-state index is 12.8. The fourth-order valence-corrected chi connectivity index (χ4v) is 3.92. The lowest BCUT2D eigenvalue weighted by Gasteiger charge is -2.17. The van der Waals surface area contributed by atoms with Crippen LogP contribution in [0.3, 0.4) is 0 Å². The normalized spacial score (nSPS) is 14.8. The summed E-state index contributed by atoms with van der Waals surface area (Å²) >= 11 is 6.06. The number of nitrogens with one attached hydrogen (secondary N) is 2. The smallest absolute Gasteiger partial charge is 0.254 e. The number of nitrogens with two attached hydrogens (primary N) is 1. The van der Waals surface area contributed by atoms with Crippen molar-refractivity contribution in [1.82, 2.24) is 20.2 Å². The van der Waals surface area contributed by atoms with E-state index in [1.165, 1.54) is 0 Å². The number of aryl methyl sites for hydroxylation is 1. The Balaban J connectivity index is 1.49. The number of rotatable bonds is 4. The number of amides is 2. The van der Waals surface area contributed by atoms with Crippen molar-refractivity contribution < 1.29 is 9.59 Å². The van der Waals surface area contributed by atoms with Crippen molar-refractivity contribution in [2.75, 3.05) is 18.8 Å². The van der Waals surface area contributed by atoms with Gasteiger partial charge in [0.2, 0.25) is 0 Å². The number of hydrogen-bond acceptors (Lipinski definition) is 4. The number of aromatic amines is 1. The fourth-order valence-electron chi connectivity index (χ4n) is 3.76. The molecule has 3 aromatic rings. The highest BCUT2D eigenvalue weighted by atomic mass is 35.5. The second-order valence-corrected chi connectivity index (χ2v) is 8.14. The van der Waals surface area contributed by atoms with Crippen LogP contribution in [-0.4, -0.2) is 39.8 Å². The fraction of sp³-hybridized carbons (Fsp3) is 0.318. The van der Waals surface area contributed by atoms with E-state index >= 15 is 0 Å². The van der Waals surface area contributed by atoms with Gasteiger partial charge in [0.25, 0.3) is 11.8 Å². The summed E-state index contributed by atoms with van der Waals surface area (Å²) in [5.74, 6) is 0.409. The van der Waals surface area contributed by atoms with Crippen molar-refractivity contribution in [2.45, 2.75) is 32.7 Å². The zero-order chi connectivity index (χ0) is 21.4. The lowest BCUT2D eigenvalue weighted by atomic mass is 10.0. The number of hydrogen-bond donors (Lipinski definition) is 3. The Kier molecular flexibility index (Phi) is 5.39. The van der Waals surface area contributed by atoms with Crippen LogP contribution < -0.4 is 11.1 Å². The zero-order valence-electron chi connectivity index (χ0n) is 17.0. The van der Waals surface area contributed by atoms with Crippen LogP contribution in [0.4, 0.5) is 5.69 Å². The first-order valence-electron chi connectivity index (χ1n) is 9.99. The van der Waals surface area contributed by atoms with Crippen LogP contribution in [-0.2, 0) is 0 Å². The molecule has 1 unspecified atom stereocenters. The number of aromatic nitrogens is 2. The highest BCUT2D eigenvalue weighted by Gasteiger charge is 2.22. The third-order valence-corrected chi connectivity index (χ3v) is 5.82. The first-order chi connectivity index (χ1) is 14.3. The van der Waals surface area contributed by atoms with Gasteiger partial charge in [-0.1, -0.05) is 11.6 Å². The molecule has 4 N–H and O–H groups in total. The van der Waals surface area contributed by atoms with Gasteiger partial charge in [-0.3, -0.25) is 9.59 Å². The predicted molar refractivity (Wildman–Crippen MR) is 118 cm³/mol. The number of carbonyl (C=O) groups is 2. The molecule has 1 aliphatic heterocycles. The number of nitrogen functional groups attached to an aromatic ring is 1. The second-order valence-electron chi connectivity index (χ2n) is 7.74. The predicted octanol–water partition coefficient (Wildman–Crippen LogP) is 3.83. The van der Waals surface area contributed by atoms with E-state index in [2.05, 4.69) is 15.3 Å². The van der Waals surface area contributed by atoms with E-state index < -0.39 is 0 Å². The van der Waals surface area contributed by atoms with Gasteiger partial charge in [-0.2, -0.15) is 0 Å². The van der Waals surface area contributed by atoms with Crippen LogP contribution in [0.15, 0.2) is 30.3 Å². The molecule has 0 spiro atoms. The summed E-state index contributed by atoms with van der Waals surface area (Å²) < 4.78 is 0. The number of benzene rings is 2. The molecule has 1 fully saturated rings. The van der Waals surface area contributed by atoms with Gasteiger partial charge in [-0.05, 0) is 62.6 Å². The van der Waals surface area contributed by atoms with E-state index in [1.54, 1.807) is 30.3 Å². The molecule has 2 heterocycles. The molecule has 0 aliphatic carbocycles. The highest BCUT2D eigenvalue weighted by Crippen LogP contribution is 2.26. The van der Waals surface area contributed by atoms with Crippen LogP contribution >= 0.6 is 11.6 Å². The second kappa shape index (κ2) is 7.99. The number of carbonyl (C=O) groups excluding carboxylic acids is 2. The van der Waals surface area contributed by atoms with Crippen molar-refractivity contribution in [3.05, 3.63) is 57.9 Å². The molecule has 2 amide bonds. The van der Waals surface area contributed by atoms with Crippen LogP contribution in [0.1, 0.15) is 57.9 Å². The van der Waals surface area contributed by atoms with Crippen LogP contribution in [0.5, 0.6) is 0 Å². The number of fused-ring (bicyclic) bond motifs is 1. The van der Waals surface area contributed by atoms with Crippen LogP contribution in [0.25, 0.3) is 11.0 Å². The van der Waals surface area contributed by atoms with Gasteiger partial charge in [0, 0.05) is 24.2 Å². The maximum atomic E-state index is 12.8. The van der Waals surface area contributed by atoms with E-state index in [0.717, 1.165) is 37.0 Å². The van der Waals surface area contributed by atoms with Gasteiger partial charge in [-0.25, -0.2) is 4.98 Å². The summed E-state index contributed by atoms with van der Waals surface area (Å²) in [5.41, 5.74) is 9.67. The molecular weight excluding hydrogens is 402 g/mol. The molecule has 156 valence electrons. The Labute approximate surface area is 179 Å². The SMILES string of the molecule is Cc1cc(C(=O)NC(C)c2nc3cc(N)c(Cl)cc3[nH]2)ccc1C(=O)N1CCCC1. The molecule has 0 radical (unpaired) electrons. The van der Waals surface area contributed by atoms with E-state index in [0.29, 0.717) is 33.2 Å². The standard InChI is InChI=1S/C22H24ClN5O2/c1-12-9-14(5-6-15(12)22(30)28-7-3-4-8-28)21(29)25-13(2)20-26-18-10-16(23)17(24)11-19(18)27-20/h5-6,9-11,13H,3-4,7-8,24H2,1-2H3,(H,25,29)(H,26,27). The number of nitrogens with zero attached hydrogens (tertiary/aromatic N) is 2. The zero-order valence-corrected chi connectivity index (χ0v) is 17.7. The Hall–Kier alpha value is -3.06. The van der Waals surface area contributed by atoms with Gasteiger partial charge in [0.15, 0.2) is 0 Å². The third kappa shape index (κ3) is 3.85. The summed E-state index contributed by atoms with van der Waals surface area (Å²) in [5, 5.41) is 3.39. The Morgan fingerprint density at radius 3 is 2.67 bits per heavy atom. The van der Waals surface area contributed by atoms with Gasteiger partial charge in [-0.15, -0.1) is 0 Å². The summed E-state index contributed by atoms with van der Waals surface area (Å²) in [6.45, 7) is 5.30. The number of H-pyrrole nitrogens is 1. The average molecular weight is 426 g/mol. The molecule has 30 heavy (non-hydrogen) atoms. The summed E-state index contributed by atoms with van der Waals surface area (Å²) in [4.78, 5) is 34.9. The lowest BCUT2D eigenvalue weighted by molar-refractivity contribution is 0.0791. The Bertz CT molecular complexity index is 1100. The number of imidazole rings is 1. The largest absolute Gasteiger partial charge is 0.397 e. The molecule has 8 heteroatoms. The number of anilines is 1. The molecule has 4 rings (SSSR count). The van der Waals surface area contributed by atoms with Gasteiger partial charge >= 0.3 is 0 Å². The minimum absolute atomic E-state index is 0.0329. The average Bonchev–Trinajstić information content (AvgIpc) is 3.38. The van der Waals surface area contributed by atoms with Crippen molar-refractivity contribution in [1.29, 1.82) is 0 Å². The minimum atomic E-state index is -0.351. The first kappa shape index (κ1) is 20.2. The van der Waals surface area contributed by atoms with Gasteiger partial charge in [0.05, 0.1) is 27.8 Å². The first-order valence-corrected chi connectivity index (χ1v) is 10.4. The van der Waals surface area contributed by atoms with Crippen molar-refractivity contribution >= 4 is 40.1 Å². The molecule has 7 nitrogen and oxygen atoms in total. The van der Waals surface area contributed by atoms with Crippen molar-refractivity contribution in [3.8, 4) is 0 Å². The summed E-state index contributed by atoms with van der Waals surface area (Å²) in [7, 11) is 0. The summed E-state index contributed by atoms with van der Waals surface area (Å²) in [6, 6.07) is 8.25. The minimum Gasteiger partial charge on any atom is -0.397 e. The van der Waals surface area contributed by atoms with Gasteiger partial charge in [0.1, 0.15) is 5.82 Å². The van der Waals surface area contributed by atoms with E-state index in [-0.39, 0.29) is 17.9 Å². The van der Waals surface area contributed by atoms with Crippen molar-refractivity contribution in [3.63, 3.8) is 0 Å². The molecule has 1 aliphatic rings. The van der Waals surface area contributed by atoms with E-state index in [4.69, 9.17) is 17.3 Å². The number of likely N-dealkylation sites (tertiary alicyclic amines) is 1. The van der Waals surface area contributed by atoms with Crippen LogP contribution in [0.2, 0.25) is 5.02 Å². The maximum Gasteiger partial charge on any atom is 0.254 e. The van der Waals surface area contributed by atoms with Crippen LogP contribution in [0, 0.1) is 6.92 Å². The quantitative estimate of drug-likeness (QED) is 0.552. The Morgan fingerprint density at radius 2 is 1.97 bits per heavy atom. The summed E-state index contributed by atoms with van der Waals surface area (Å²) in [6.07, 6.45) is 2.09. The molecular formula is C22H24ClN5O2. The molecule has 1 aromatic heterocycles. The lowest BCUT2D eigenvalue weighted by Crippen LogP contribution is -2.29.